The summed E-state index contributed by atoms with van der Waals surface area (Å²) in [7, 11) is 1.59. The molecule has 7 heteroatoms. The van der Waals surface area contributed by atoms with E-state index < -0.39 is 0 Å². The Hall–Kier alpha value is -2.67. The highest BCUT2D eigenvalue weighted by Gasteiger charge is 2.15. The summed E-state index contributed by atoms with van der Waals surface area (Å²) >= 11 is 1.29. The molecule has 0 saturated carbocycles. The minimum Gasteiger partial charge on any atom is -0.494 e. The van der Waals surface area contributed by atoms with Crippen molar-refractivity contribution in [1.82, 2.24) is 20.2 Å². The zero-order valence-electron chi connectivity index (χ0n) is 12.4. The Morgan fingerprint density at radius 2 is 1.87 bits per heavy atom. The van der Waals surface area contributed by atoms with Gasteiger partial charge in [0.1, 0.15) is 11.4 Å². The minimum atomic E-state index is 0.0326. The van der Waals surface area contributed by atoms with E-state index in [1.807, 2.05) is 42.5 Å². The maximum atomic E-state index is 12.2. The maximum Gasteiger partial charge on any atom is 0.214 e. The number of hydrogen-bond acceptors (Lipinski definition) is 6. The van der Waals surface area contributed by atoms with E-state index >= 15 is 0 Å². The third-order valence-electron chi connectivity index (χ3n) is 3.18. The molecule has 0 aliphatic rings. The van der Waals surface area contributed by atoms with Crippen LogP contribution in [0.4, 0.5) is 0 Å². The molecule has 116 valence electrons. The number of carbonyl (C=O) groups excluding carboxylic acids is 1. The van der Waals surface area contributed by atoms with Crippen LogP contribution in [-0.4, -0.2) is 38.9 Å². The number of thioether (sulfide) groups is 1. The molecule has 0 fully saturated rings. The first-order valence-corrected chi connectivity index (χ1v) is 7.91. The predicted octanol–water partition coefficient (Wildman–Crippen LogP) is 2.65. The zero-order valence-corrected chi connectivity index (χ0v) is 13.2. The SMILES string of the molecule is COc1ccccc1-n1nnnc1SCC(=O)c1ccccc1. The summed E-state index contributed by atoms with van der Waals surface area (Å²) < 4.78 is 6.90. The van der Waals surface area contributed by atoms with Crippen LogP contribution in [-0.2, 0) is 0 Å². The number of aromatic nitrogens is 4. The van der Waals surface area contributed by atoms with Crippen molar-refractivity contribution in [2.75, 3.05) is 12.9 Å². The number of Topliss-reactive ketones (excluding diaryl/α,β-unsaturated/α-hetero) is 1. The Labute approximate surface area is 137 Å². The fourth-order valence-electron chi connectivity index (χ4n) is 2.06. The highest BCUT2D eigenvalue weighted by atomic mass is 32.2. The molecule has 0 atom stereocenters. The Morgan fingerprint density at radius 3 is 2.65 bits per heavy atom. The Kier molecular flexibility index (Phi) is 4.68. The molecule has 0 radical (unpaired) electrons. The van der Waals surface area contributed by atoms with Crippen LogP contribution in [0.15, 0.2) is 59.8 Å². The molecule has 0 aliphatic heterocycles. The summed E-state index contributed by atoms with van der Waals surface area (Å²) in [6, 6.07) is 16.6. The molecule has 0 bridgehead atoms. The van der Waals surface area contributed by atoms with Crippen LogP contribution in [0.1, 0.15) is 10.4 Å². The number of ketones is 1. The van der Waals surface area contributed by atoms with Gasteiger partial charge in [-0.2, -0.15) is 4.68 Å². The van der Waals surface area contributed by atoms with Gasteiger partial charge in [-0.05, 0) is 22.6 Å². The summed E-state index contributed by atoms with van der Waals surface area (Å²) in [6.07, 6.45) is 0. The van der Waals surface area contributed by atoms with Crippen molar-refractivity contribution in [1.29, 1.82) is 0 Å². The number of rotatable bonds is 6. The third kappa shape index (κ3) is 3.40. The third-order valence-corrected chi connectivity index (χ3v) is 4.10. The number of hydrogen-bond donors (Lipinski definition) is 0. The van der Waals surface area contributed by atoms with Gasteiger partial charge >= 0.3 is 0 Å². The van der Waals surface area contributed by atoms with E-state index in [0.29, 0.717) is 16.5 Å². The average molecular weight is 326 g/mol. The number of methoxy groups -OCH3 is 1. The Bertz CT molecular complexity index is 805. The van der Waals surface area contributed by atoms with E-state index in [4.69, 9.17) is 4.74 Å². The minimum absolute atomic E-state index is 0.0326. The molecule has 23 heavy (non-hydrogen) atoms. The lowest BCUT2D eigenvalue weighted by Gasteiger charge is -2.08. The average Bonchev–Trinajstić information content (AvgIpc) is 3.08. The van der Waals surface area contributed by atoms with Crippen molar-refractivity contribution in [2.24, 2.45) is 0 Å². The van der Waals surface area contributed by atoms with Gasteiger partial charge in [0.15, 0.2) is 5.78 Å². The molecule has 2 aromatic carbocycles. The molecule has 0 spiro atoms. The van der Waals surface area contributed by atoms with E-state index in [2.05, 4.69) is 15.5 Å². The zero-order chi connectivity index (χ0) is 16.1. The Morgan fingerprint density at radius 1 is 1.13 bits per heavy atom. The van der Waals surface area contributed by atoms with Crippen LogP contribution < -0.4 is 4.74 Å². The molecule has 3 rings (SSSR count). The van der Waals surface area contributed by atoms with Crippen LogP contribution in [0, 0.1) is 0 Å². The van der Waals surface area contributed by atoms with Crippen molar-refractivity contribution in [3.63, 3.8) is 0 Å². The largest absolute Gasteiger partial charge is 0.494 e. The van der Waals surface area contributed by atoms with Gasteiger partial charge < -0.3 is 4.74 Å². The van der Waals surface area contributed by atoms with Crippen LogP contribution in [0.3, 0.4) is 0 Å². The van der Waals surface area contributed by atoms with Gasteiger partial charge in [0.25, 0.3) is 0 Å². The second-order valence-electron chi connectivity index (χ2n) is 4.62. The van der Waals surface area contributed by atoms with E-state index in [-0.39, 0.29) is 11.5 Å². The van der Waals surface area contributed by atoms with Crippen LogP contribution >= 0.6 is 11.8 Å². The fourth-order valence-corrected chi connectivity index (χ4v) is 2.84. The van der Waals surface area contributed by atoms with Crippen molar-refractivity contribution in [2.45, 2.75) is 5.16 Å². The number of tetrazole rings is 1. The lowest BCUT2D eigenvalue weighted by molar-refractivity contribution is 0.102. The lowest BCUT2D eigenvalue weighted by Crippen LogP contribution is -2.05. The van der Waals surface area contributed by atoms with Gasteiger partial charge in [0, 0.05) is 5.56 Å². The van der Waals surface area contributed by atoms with Crippen LogP contribution in [0.5, 0.6) is 5.75 Å². The van der Waals surface area contributed by atoms with Gasteiger partial charge in [-0.3, -0.25) is 4.79 Å². The van der Waals surface area contributed by atoms with E-state index in [1.54, 1.807) is 23.9 Å². The number of nitrogens with zero attached hydrogens (tertiary/aromatic N) is 4. The first-order chi connectivity index (χ1) is 11.3. The number of para-hydroxylation sites is 2. The molecule has 0 N–H and O–H groups in total. The quantitative estimate of drug-likeness (QED) is 0.512. The molecular weight excluding hydrogens is 312 g/mol. The Balaban J connectivity index is 1.78. The summed E-state index contributed by atoms with van der Waals surface area (Å²) in [6.45, 7) is 0. The summed E-state index contributed by atoms with van der Waals surface area (Å²) in [4.78, 5) is 12.2. The van der Waals surface area contributed by atoms with E-state index in [9.17, 15) is 4.79 Å². The van der Waals surface area contributed by atoms with Gasteiger partial charge in [-0.15, -0.1) is 5.10 Å². The molecule has 0 unspecified atom stereocenters. The highest BCUT2D eigenvalue weighted by molar-refractivity contribution is 7.99. The molecule has 0 aliphatic carbocycles. The second-order valence-corrected chi connectivity index (χ2v) is 5.57. The molecule has 3 aromatic rings. The second kappa shape index (κ2) is 7.06. The fraction of sp³-hybridized carbons (Fsp3) is 0.125. The topological polar surface area (TPSA) is 69.9 Å². The van der Waals surface area contributed by atoms with Gasteiger partial charge in [0.05, 0.1) is 12.9 Å². The maximum absolute atomic E-state index is 12.2. The molecular formula is C16H14N4O2S. The molecule has 0 amide bonds. The van der Waals surface area contributed by atoms with Crippen molar-refractivity contribution in [3.8, 4) is 11.4 Å². The van der Waals surface area contributed by atoms with Crippen molar-refractivity contribution >= 4 is 17.5 Å². The van der Waals surface area contributed by atoms with Gasteiger partial charge in [-0.25, -0.2) is 0 Å². The predicted molar refractivity (Wildman–Crippen MR) is 87.2 cm³/mol. The van der Waals surface area contributed by atoms with E-state index in [1.165, 1.54) is 11.8 Å². The smallest absolute Gasteiger partial charge is 0.214 e. The highest BCUT2D eigenvalue weighted by Crippen LogP contribution is 2.25. The van der Waals surface area contributed by atoms with Gasteiger partial charge in [-0.1, -0.05) is 54.2 Å². The van der Waals surface area contributed by atoms with Crippen LogP contribution in [0.25, 0.3) is 5.69 Å². The monoisotopic (exact) mass is 326 g/mol. The van der Waals surface area contributed by atoms with Crippen LogP contribution in [0.2, 0.25) is 0 Å². The lowest BCUT2D eigenvalue weighted by atomic mass is 10.2. The molecule has 0 saturated heterocycles. The first kappa shape index (κ1) is 15.2. The summed E-state index contributed by atoms with van der Waals surface area (Å²) in [5.74, 6) is 0.959. The number of carbonyl (C=O) groups is 1. The number of ether oxygens (including phenoxy) is 1. The van der Waals surface area contributed by atoms with Crippen molar-refractivity contribution in [3.05, 3.63) is 60.2 Å². The summed E-state index contributed by atoms with van der Waals surface area (Å²) in [5.41, 5.74) is 1.41. The first-order valence-electron chi connectivity index (χ1n) is 6.92. The van der Waals surface area contributed by atoms with Gasteiger partial charge in [0.2, 0.25) is 5.16 Å². The normalized spacial score (nSPS) is 10.5. The molecule has 1 aromatic heterocycles. The summed E-state index contributed by atoms with van der Waals surface area (Å²) in [5, 5.41) is 12.2. The van der Waals surface area contributed by atoms with Crippen molar-refractivity contribution < 1.29 is 9.53 Å². The van der Waals surface area contributed by atoms with E-state index in [0.717, 1.165) is 5.69 Å². The molecule has 1 heterocycles. The standard InChI is InChI=1S/C16H14N4O2S/c1-22-15-10-6-5-9-13(15)20-16(17-18-19-20)23-11-14(21)12-7-3-2-4-8-12/h2-10H,11H2,1H3. The molecule has 6 nitrogen and oxygen atoms in total. The number of benzene rings is 2.